The van der Waals surface area contributed by atoms with Gasteiger partial charge in [-0.2, -0.15) is 0 Å². The van der Waals surface area contributed by atoms with Gasteiger partial charge < -0.3 is 14.9 Å². The van der Waals surface area contributed by atoms with Gasteiger partial charge in [0.25, 0.3) is 0 Å². The van der Waals surface area contributed by atoms with Gasteiger partial charge in [0.1, 0.15) is 5.75 Å². The molecule has 0 atom stereocenters. The Kier molecular flexibility index (Phi) is 5.17. The second-order valence-corrected chi connectivity index (χ2v) is 1.81. The van der Waals surface area contributed by atoms with E-state index >= 15 is 0 Å². The van der Waals surface area contributed by atoms with E-state index in [9.17, 15) is 0 Å². The van der Waals surface area contributed by atoms with Crippen molar-refractivity contribution in [1.29, 1.82) is 0 Å². The average molecular weight is 170 g/mol. The maximum absolute atomic E-state index is 9.15. The third kappa shape index (κ3) is 6.41. The van der Waals surface area contributed by atoms with E-state index in [2.05, 4.69) is 4.74 Å². The zero-order valence-electron chi connectivity index (χ0n) is 6.60. The predicted molar refractivity (Wildman–Crippen MR) is 43.1 cm³/mol. The number of carbonyl (C=O) groups is 1. The fourth-order valence-electron chi connectivity index (χ4n) is 0.428. The van der Waals surface area contributed by atoms with Crippen molar-refractivity contribution in [2.45, 2.75) is 0 Å². The molecule has 0 fully saturated rings. The number of phenols is 1. The highest BCUT2D eigenvalue weighted by Crippen LogP contribution is 2.02. The van der Waals surface area contributed by atoms with Gasteiger partial charge in [-0.05, 0) is 12.1 Å². The third-order valence-corrected chi connectivity index (χ3v) is 0.931. The first-order valence-corrected chi connectivity index (χ1v) is 3.17. The summed E-state index contributed by atoms with van der Waals surface area (Å²) in [5.41, 5.74) is 0. The van der Waals surface area contributed by atoms with E-state index in [0.29, 0.717) is 5.75 Å². The Morgan fingerprint density at radius 2 is 1.75 bits per heavy atom. The number of carboxylic acid groups (broad SMARTS) is 1. The molecule has 0 bridgehead atoms. The molecular formula is C8H10O4. The van der Waals surface area contributed by atoms with Crippen molar-refractivity contribution in [1.82, 2.24) is 0 Å². The molecule has 0 radical (unpaired) electrons. The Labute approximate surface area is 70.0 Å². The van der Waals surface area contributed by atoms with Gasteiger partial charge in [-0.1, -0.05) is 18.2 Å². The lowest BCUT2D eigenvalue weighted by molar-refractivity contribution is 0.114. The molecule has 0 saturated carbocycles. The minimum atomic E-state index is -1.25. The van der Waals surface area contributed by atoms with Crippen LogP contribution in [0, 0.1) is 0 Å². The SMILES string of the molecule is COC(=O)O.Oc1ccccc1. The van der Waals surface area contributed by atoms with Crippen molar-refractivity contribution in [2.24, 2.45) is 0 Å². The Morgan fingerprint density at radius 1 is 1.33 bits per heavy atom. The van der Waals surface area contributed by atoms with Crippen molar-refractivity contribution in [2.75, 3.05) is 7.11 Å². The van der Waals surface area contributed by atoms with Crippen LogP contribution in [0.15, 0.2) is 30.3 Å². The van der Waals surface area contributed by atoms with Crippen LogP contribution in [-0.2, 0) is 4.74 Å². The van der Waals surface area contributed by atoms with Crippen molar-refractivity contribution in [3.63, 3.8) is 0 Å². The Balaban J connectivity index is 0.000000217. The molecule has 0 aliphatic heterocycles. The van der Waals surface area contributed by atoms with Crippen LogP contribution in [0.2, 0.25) is 0 Å². The number of hydrogen-bond donors (Lipinski definition) is 2. The van der Waals surface area contributed by atoms with Crippen LogP contribution in [0.5, 0.6) is 5.75 Å². The summed E-state index contributed by atoms with van der Waals surface area (Å²) in [6.45, 7) is 0. The standard InChI is InChI=1S/C6H6O.C2H4O3/c7-6-4-2-1-3-5-6;1-5-2(3)4/h1-5,7H;1H3,(H,3,4). The maximum atomic E-state index is 9.15. The highest BCUT2D eigenvalue weighted by molar-refractivity contribution is 5.56. The number of benzene rings is 1. The maximum Gasteiger partial charge on any atom is 0.505 e. The molecule has 12 heavy (non-hydrogen) atoms. The lowest BCUT2D eigenvalue weighted by Gasteiger charge is -1.82. The molecule has 4 heteroatoms. The molecule has 66 valence electrons. The summed E-state index contributed by atoms with van der Waals surface area (Å²) in [7, 11) is 1.10. The Bertz CT molecular complexity index is 220. The fourth-order valence-corrected chi connectivity index (χ4v) is 0.428. The van der Waals surface area contributed by atoms with Gasteiger partial charge in [0.2, 0.25) is 0 Å². The summed E-state index contributed by atoms with van der Waals surface area (Å²) in [5.74, 6) is 0.322. The smallest absolute Gasteiger partial charge is 0.505 e. The first-order chi connectivity index (χ1) is 5.66. The first-order valence-electron chi connectivity index (χ1n) is 3.17. The monoisotopic (exact) mass is 170 g/mol. The number of rotatable bonds is 0. The number of hydrogen-bond acceptors (Lipinski definition) is 3. The second kappa shape index (κ2) is 6.03. The van der Waals surface area contributed by atoms with Crippen LogP contribution in [0.25, 0.3) is 0 Å². The van der Waals surface area contributed by atoms with E-state index in [1.165, 1.54) is 0 Å². The number of phenolic OH excluding ortho intramolecular Hbond substituents is 1. The lowest BCUT2D eigenvalue weighted by atomic mass is 10.3. The molecule has 0 aromatic heterocycles. The Morgan fingerprint density at radius 3 is 1.92 bits per heavy atom. The summed E-state index contributed by atoms with van der Waals surface area (Å²) in [5, 5.41) is 16.1. The van der Waals surface area contributed by atoms with Crippen LogP contribution < -0.4 is 0 Å². The van der Waals surface area contributed by atoms with Crippen molar-refractivity contribution < 1.29 is 19.7 Å². The molecular weight excluding hydrogens is 160 g/mol. The van der Waals surface area contributed by atoms with E-state index in [1.54, 1.807) is 24.3 Å². The van der Waals surface area contributed by atoms with E-state index in [4.69, 9.17) is 15.0 Å². The minimum absolute atomic E-state index is 0.322. The molecule has 0 aliphatic carbocycles. The molecule has 0 saturated heterocycles. The first kappa shape index (κ1) is 10.3. The summed E-state index contributed by atoms with van der Waals surface area (Å²) < 4.78 is 3.67. The van der Waals surface area contributed by atoms with Gasteiger partial charge in [0.15, 0.2) is 0 Å². The van der Waals surface area contributed by atoms with E-state index in [1.807, 2.05) is 6.07 Å². The molecule has 1 aromatic carbocycles. The van der Waals surface area contributed by atoms with E-state index in [0.717, 1.165) is 7.11 Å². The van der Waals surface area contributed by atoms with Crippen LogP contribution in [-0.4, -0.2) is 23.5 Å². The van der Waals surface area contributed by atoms with Crippen molar-refractivity contribution in [3.8, 4) is 5.75 Å². The topological polar surface area (TPSA) is 66.8 Å². The Hall–Kier alpha value is -1.71. The largest absolute Gasteiger partial charge is 0.508 e. The molecule has 0 amide bonds. The van der Waals surface area contributed by atoms with Gasteiger partial charge in [0.05, 0.1) is 7.11 Å². The van der Waals surface area contributed by atoms with Crippen molar-refractivity contribution >= 4 is 6.16 Å². The summed E-state index contributed by atoms with van der Waals surface area (Å²) in [6, 6.07) is 8.71. The fraction of sp³-hybridized carbons (Fsp3) is 0.125. The van der Waals surface area contributed by atoms with Gasteiger partial charge in [-0.15, -0.1) is 0 Å². The zero-order valence-corrected chi connectivity index (χ0v) is 6.60. The molecule has 4 nitrogen and oxygen atoms in total. The molecule has 0 unspecified atom stereocenters. The highest BCUT2D eigenvalue weighted by Gasteiger charge is 1.80. The van der Waals surface area contributed by atoms with Gasteiger partial charge in [0, 0.05) is 0 Å². The summed E-state index contributed by atoms with van der Waals surface area (Å²) >= 11 is 0. The molecule has 0 heterocycles. The molecule has 0 spiro atoms. The molecule has 2 N–H and O–H groups in total. The van der Waals surface area contributed by atoms with Crippen LogP contribution in [0.1, 0.15) is 0 Å². The van der Waals surface area contributed by atoms with Gasteiger partial charge in [-0.3, -0.25) is 0 Å². The van der Waals surface area contributed by atoms with Crippen molar-refractivity contribution in [3.05, 3.63) is 30.3 Å². The van der Waals surface area contributed by atoms with E-state index < -0.39 is 6.16 Å². The zero-order chi connectivity index (χ0) is 9.40. The minimum Gasteiger partial charge on any atom is -0.508 e. The highest BCUT2D eigenvalue weighted by atomic mass is 16.6. The normalized spacial score (nSPS) is 7.75. The average Bonchev–Trinajstić information content (AvgIpc) is 2.07. The second-order valence-electron chi connectivity index (χ2n) is 1.81. The van der Waals surface area contributed by atoms with Crippen LogP contribution >= 0.6 is 0 Å². The summed E-state index contributed by atoms with van der Waals surface area (Å²) in [6.07, 6.45) is -1.25. The number of ether oxygens (including phenoxy) is 1. The summed E-state index contributed by atoms with van der Waals surface area (Å²) in [4.78, 5) is 9.15. The van der Waals surface area contributed by atoms with Gasteiger partial charge in [-0.25, -0.2) is 4.79 Å². The third-order valence-electron chi connectivity index (χ3n) is 0.931. The van der Waals surface area contributed by atoms with Crippen LogP contribution in [0.4, 0.5) is 4.79 Å². The number of methoxy groups -OCH3 is 1. The predicted octanol–water partition coefficient (Wildman–Crippen LogP) is 1.70. The number of para-hydroxylation sites is 1. The molecule has 1 aromatic rings. The van der Waals surface area contributed by atoms with E-state index in [-0.39, 0.29) is 0 Å². The lowest BCUT2D eigenvalue weighted by Crippen LogP contribution is -1.91. The molecule has 1 rings (SSSR count). The van der Waals surface area contributed by atoms with Gasteiger partial charge >= 0.3 is 6.16 Å². The quantitative estimate of drug-likeness (QED) is 0.581. The van der Waals surface area contributed by atoms with Crippen LogP contribution in [0.3, 0.4) is 0 Å². The molecule has 0 aliphatic rings. The number of aromatic hydroxyl groups is 1.